The van der Waals surface area contributed by atoms with Crippen LogP contribution in [0.2, 0.25) is 0 Å². The normalized spacial score (nSPS) is 9.64. The number of methoxy groups -OCH3 is 1. The fraction of sp³-hybridized carbons (Fsp3) is 0.375. The van der Waals surface area contributed by atoms with Crippen LogP contribution in [-0.2, 0) is 6.42 Å². The summed E-state index contributed by atoms with van der Waals surface area (Å²) in [6.07, 6.45) is 0.701. The predicted molar refractivity (Wildman–Crippen MR) is 40.9 cm³/mol. The number of hydrogen-bond acceptors (Lipinski definition) is 3. The Kier molecular flexibility index (Phi) is 2.31. The van der Waals surface area contributed by atoms with Gasteiger partial charge in [-0.3, -0.25) is 4.79 Å². The fourth-order valence-corrected chi connectivity index (χ4v) is 0.779. The van der Waals surface area contributed by atoms with E-state index in [-0.39, 0.29) is 11.4 Å². The van der Waals surface area contributed by atoms with Crippen LogP contribution in [0.4, 0.5) is 0 Å². The number of aryl methyl sites for hydroxylation is 1. The van der Waals surface area contributed by atoms with Crippen LogP contribution in [0.3, 0.4) is 0 Å². The van der Waals surface area contributed by atoms with Gasteiger partial charge in [0.25, 0.3) is 5.95 Å². The van der Waals surface area contributed by atoms with Crippen molar-refractivity contribution in [2.24, 2.45) is 0 Å². The Morgan fingerprint density at radius 1 is 1.55 bits per heavy atom. The van der Waals surface area contributed by atoms with E-state index in [4.69, 9.17) is 9.15 Å². The van der Waals surface area contributed by atoms with Crippen LogP contribution in [0.25, 0.3) is 0 Å². The summed E-state index contributed by atoms with van der Waals surface area (Å²) in [5.41, 5.74) is -0.0787. The van der Waals surface area contributed by atoms with Gasteiger partial charge in [-0.2, -0.15) is 0 Å². The zero-order chi connectivity index (χ0) is 8.27. The fourth-order valence-electron chi connectivity index (χ4n) is 0.779. The Morgan fingerprint density at radius 3 is 2.82 bits per heavy atom. The van der Waals surface area contributed by atoms with E-state index in [1.165, 1.54) is 19.2 Å². The zero-order valence-corrected chi connectivity index (χ0v) is 6.59. The summed E-state index contributed by atoms with van der Waals surface area (Å²) in [7, 11) is 1.47. The van der Waals surface area contributed by atoms with Gasteiger partial charge in [0.2, 0.25) is 0 Å². The molecule has 0 aliphatic heterocycles. The Bertz CT molecular complexity index is 262. The van der Waals surface area contributed by atoms with Crippen molar-refractivity contribution < 1.29 is 9.15 Å². The zero-order valence-electron chi connectivity index (χ0n) is 6.59. The maximum Gasteiger partial charge on any atom is 0.288 e. The highest BCUT2D eigenvalue weighted by Gasteiger charge is 1.98. The monoisotopic (exact) mass is 154 g/mol. The summed E-state index contributed by atoms with van der Waals surface area (Å²) in [6.45, 7) is 1.91. The van der Waals surface area contributed by atoms with Crippen molar-refractivity contribution in [1.29, 1.82) is 0 Å². The Hall–Kier alpha value is -1.25. The van der Waals surface area contributed by atoms with Gasteiger partial charge in [0.15, 0.2) is 5.43 Å². The maximum absolute atomic E-state index is 10.9. The van der Waals surface area contributed by atoms with Gasteiger partial charge in [-0.15, -0.1) is 0 Å². The summed E-state index contributed by atoms with van der Waals surface area (Å²) in [4.78, 5) is 10.9. The molecule has 0 bridgehead atoms. The lowest BCUT2D eigenvalue weighted by Crippen LogP contribution is -2.00. The van der Waals surface area contributed by atoms with Crippen molar-refractivity contribution in [1.82, 2.24) is 0 Å². The van der Waals surface area contributed by atoms with Crippen LogP contribution in [-0.4, -0.2) is 7.11 Å². The molecule has 0 atom stereocenters. The first-order chi connectivity index (χ1) is 5.26. The summed E-state index contributed by atoms with van der Waals surface area (Å²) < 4.78 is 9.91. The van der Waals surface area contributed by atoms with Gasteiger partial charge in [0.05, 0.1) is 13.2 Å². The van der Waals surface area contributed by atoms with E-state index < -0.39 is 0 Å². The van der Waals surface area contributed by atoms with E-state index in [0.29, 0.717) is 12.2 Å². The van der Waals surface area contributed by atoms with Gasteiger partial charge in [-0.25, -0.2) is 0 Å². The molecule has 0 spiro atoms. The average molecular weight is 154 g/mol. The van der Waals surface area contributed by atoms with E-state index in [1.54, 1.807) is 0 Å². The molecule has 0 fully saturated rings. The van der Waals surface area contributed by atoms with Crippen molar-refractivity contribution in [3.63, 3.8) is 0 Å². The van der Waals surface area contributed by atoms with Crippen molar-refractivity contribution in [2.75, 3.05) is 7.11 Å². The second-order valence-electron chi connectivity index (χ2n) is 2.14. The van der Waals surface area contributed by atoms with E-state index in [0.717, 1.165) is 0 Å². The smallest absolute Gasteiger partial charge is 0.288 e. The quantitative estimate of drug-likeness (QED) is 0.642. The van der Waals surface area contributed by atoms with Crippen LogP contribution in [0.1, 0.15) is 12.7 Å². The van der Waals surface area contributed by atoms with Gasteiger partial charge < -0.3 is 9.15 Å². The maximum atomic E-state index is 10.9. The van der Waals surface area contributed by atoms with E-state index in [1.807, 2.05) is 6.92 Å². The molecule has 0 saturated carbocycles. The highest BCUT2D eigenvalue weighted by atomic mass is 16.6. The first-order valence-electron chi connectivity index (χ1n) is 3.44. The number of hydrogen-bond donors (Lipinski definition) is 0. The van der Waals surface area contributed by atoms with Crippen molar-refractivity contribution >= 4 is 0 Å². The van der Waals surface area contributed by atoms with Crippen molar-refractivity contribution in [3.05, 3.63) is 28.1 Å². The molecule has 3 heteroatoms. The molecule has 1 heterocycles. The highest BCUT2D eigenvalue weighted by Crippen LogP contribution is 2.08. The van der Waals surface area contributed by atoms with Gasteiger partial charge in [-0.1, -0.05) is 6.92 Å². The molecule has 0 radical (unpaired) electrons. The van der Waals surface area contributed by atoms with Gasteiger partial charge in [0, 0.05) is 12.5 Å². The summed E-state index contributed by atoms with van der Waals surface area (Å²) >= 11 is 0. The van der Waals surface area contributed by atoms with Crippen LogP contribution >= 0.6 is 0 Å². The molecule has 0 aliphatic carbocycles. The molecule has 11 heavy (non-hydrogen) atoms. The lowest BCUT2D eigenvalue weighted by atomic mass is 10.3. The summed E-state index contributed by atoms with van der Waals surface area (Å²) in [5.74, 6) is 0.920. The molecule has 1 aromatic rings. The standard InChI is InChI=1S/C8H10O3/c1-3-7-4-6(9)5-8(10-2)11-7/h4-5H,3H2,1-2H3. The lowest BCUT2D eigenvalue weighted by Gasteiger charge is -1.99. The van der Waals surface area contributed by atoms with Gasteiger partial charge in [-0.05, 0) is 0 Å². The second kappa shape index (κ2) is 3.23. The topological polar surface area (TPSA) is 39.4 Å². The molecule has 1 aromatic heterocycles. The van der Waals surface area contributed by atoms with Crippen LogP contribution < -0.4 is 10.2 Å². The molecule has 0 saturated heterocycles. The molecular formula is C8H10O3. The first-order valence-corrected chi connectivity index (χ1v) is 3.44. The van der Waals surface area contributed by atoms with Crippen molar-refractivity contribution in [2.45, 2.75) is 13.3 Å². The molecule has 0 aliphatic rings. The second-order valence-corrected chi connectivity index (χ2v) is 2.14. The SMILES string of the molecule is CCc1cc(=O)cc(OC)o1. The molecule has 0 aromatic carbocycles. The molecule has 0 N–H and O–H groups in total. The Morgan fingerprint density at radius 2 is 2.27 bits per heavy atom. The largest absolute Gasteiger partial charge is 0.468 e. The summed E-state index contributed by atoms with van der Waals surface area (Å²) in [5, 5.41) is 0. The number of rotatable bonds is 2. The van der Waals surface area contributed by atoms with Crippen LogP contribution in [0.5, 0.6) is 5.95 Å². The Balaban J connectivity index is 3.12. The molecule has 3 nitrogen and oxygen atoms in total. The molecule has 0 unspecified atom stereocenters. The van der Waals surface area contributed by atoms with Crippen LogP contribution in [0.15, 0.2) is 21.3 Å². The molecule has 0 amide bonds. The molecule has 60 valence electrons. The third-order valence-electron chi connectivity index (χ3n) is 1.34. The third kappa shape index (κ3) is 1.83. The lowest BCUT2D eigenvalue weighted by molar-refractivity contribution is 0.285. The minimum Gasteiger partial charge on any atom is -0.468 e. The third-order valence-corrected chi connectivity index (χ3v) is 1.34. The minimum absolute atomic E-state index is 0.0787. The average Bonchev–Trinajstić information content (AvgIpc) is 2.03. The highest BCUT2D eigenvalue weighted by molar-refractivity contribution is 5.10. The van der Waals surface area contributed by atoms with E-state index in [9.17, 15) is 4.79 Å². The van der Waals surface area contributed by atoms with Gasteiger partial charge in [0.1, 0.15) is 5.76 Å². The molecule has 1 rings (SSSR count). The predicted octanol–water partition coefficient (Wildman–Crippen LogP) is 1.21. The first kappa shape index (κ1) is 7.85. The molecular weight excluding hydrogens is 144 g/mol. The minimum atomic E-state index is -0.0787. The Labute approximate surface area is 64.6 Å². The summed E-state index contributed by atoms with van der Waals surface area (Å²) in [6, 6.07) is 2.78. The van der Waals surface area contributed by atoms with Gasteiger partial charge >= 0.3 is 0 Å². The van der Waals surface area contributed by atoms with E-state index >= 15 is 0 Å². The van der Waals surface area contributed by atoms with E-state index in [2.05, 4.69) is 0 Å². The van der Waals surface area contributed by atoms with Crippen molar-refractivity contribution in [3.8, 4) is 5.95 Å². The van der Waals surface area contributed by atoms with Crippen LogP contribution in [0, 0.1) is 0 Å². The number of ether oxygens (including phenoxy) is 1.